The second-order valence-corrected chi connectivity index (χ2v) is 8.40. The summed E-state index contributed by atoms with van der Waals surface area (Å²) in [5.74, 6) is 0.474. The fraction of sp³-hybridized carbons (Fsp3) is 0.261. The summed E-state index contributed by atoms with van der Waals surface area (Å²) in [6, 6.07) is 9.48. The fourth-order valence-electron chi connectivity index (χ4n) is 3.17. The summed E-state index contributed by atoms with van der Waals surface area (Å²) in [5.41, 5.74) is 4.23. The lowest BCUT2D eigenvalue weighted by Crippen LogP contribution is -2.29. The molecule has 4 rings (SSSR count). The highest BCUT2D eigenvalue weighted by Gasteiger charge is 2.16. The van der Waals surface area contributed by atoms with Gasteiger partial charge in [0.1, 0.15) is 5.82 Å². The largest absolute Gasteiger partial charge is 0.396 e. The molecule has 1 unspecified atom stereocenters. The highest BCUT2D eigenvalue weighted by atomic mass is 32.1. The number of nitrogens with one attached hydrogen (secondary N) is 2. The molecule has 0 fully saturated rings. The predicted octanol–water partition coefficient (Wildman–Crippen LogP) is 4.44. The molecule has 0 aliphatic rings. The Balaban J connectivity index is 1.76. The van der Waals surface area contributed by atoms with Gasteiger partial charge in [-0.2, -0.15) is 0 Å². The summed E-state index contributed by atoms with van der Waals surface area (Å²) in [5, 5.41) is 15.5. The minimum atomic E-state index is -0.271. The van der Waals surface area contributed by atoms with E-state index in [1.54, 1.807) is 18.6 Å². The third-order valence-corrected chi connectivity index (χ3v) is 5.93. The van der Waals surface area contributed by atoms with E-state index in [1.165, 1.54) is 11.3 Å². The maximum atomic E-state index is 12.1. The van der Waals surface area contributed by atoms with Gasteiger partial charge in [0.05, 0.1) is 22.5 Å². The quantitative estimate of drug-likeness (QED) is 0.385. The van der Waals surface area contributed by atoms with Gasteiger partial charge in [-0.25, -0.2) is 19.7 Å². The number of carbonyl (C=O) groups excluding carboxylic acids is 1. The van der Waals surface area contributed by atoms with Crippen LogP contribution in [-0.2, 0) is 0 Å². The van der Waals surface area contributed by atoms with Crippen molar-refractivity contribution in [3.05, 3.63) is 54.7 Å². The Labute approximate surface area is 189 Å². The number of urea groups is 1. The molecule has 1 aromatic carbocycles. The van der Waals surface area contributed by atoms with Crippen molar-refractivity contribution in [1.29, 1.82) is 0 Å². The first-order valence-electron chi connectivity index (χ1n) is 10.4. The maximum Gasteiger partial charge on any atom is 0.321 e. The number of anilines is 1. The van der Waals surface area contributed by atoms with Crippen molar-refractivity contribution in [1.82, 2.24) is 25.3 Å². The van der Waals surface area contributed by atoms with Crippen LogP contribution in [0.25, 0.3) is 32.6 Å². The lowest BCUT2D eigenvalue weighted by Gasteiger charge is -2.09. The normalized spacial score (nSPS) is 12.0. The van der Waals surface area contributed by atoms with Crippen LogP contribution in [0, 0.1) is 0 Å². The van der Waals surface area contributed by atoms with Crippen molar-refractivity contribution >= 4 is 32.7 Å². The van der Waals surface area contributed by atoms with E-state index in [0.717, 1.165) is 39.0 Å². The van der Waals surface area contributed by atoms with Crippen molar-refractivity contribution in [2.45, 2.75) is 26.2 Å². The van der Waals surface area contributed by atoms with E-state index in [9.17, 15) is 9.90 Å². The zero-order chi connectivity index (χ0) is 22.5. The summed E-state index contributed by atoms with van der Waals surface area (Å²) in [6.07, 6.45) is 6.11. The van der Waals surface area contributed by atoms with Crippen LogP contribution in [0.1, 0.15) is 32.0 Å². The molecule has 0 saturated carbocycles. The van der Waals surface area contributed by atoms with Crippen LogP contribution in [0.4, 0.5) is 9.93 Å². The number of aliphatic hydroxyl groups is 1. The highest BCUT2D eigenvalue weighted by Crippen LogP contribution is 2.38. The molecular formula is C23H24N6O2S. The Bertz CT molecular complexity index is 1210. The van der Waals surface area contributed by atoms with Gasteiger partial charge in [-0.15, -0.1) is 0 Å². The summed E-state index contributed by atoms with van der Waals surface area (Å²) in [7, 11) is 0. The molecule has 2 amide bonds. The zero-order valence-electron chi connectivity index (χ0n) is 17.9. The van der Waals surface area contributed by atoms with Crippen LogP contribution in [0.5, 0.6) is 0 Å². The molecule has 0 saturated heterocycles. The number of aliphatic hydroxyl groups excluding tert-OH is 1. The van der Waals surface area contributed by atoms with E-state index in [0.29, 0.717) is 17.5 Å². The van der Waals surface area contributed by atoms with Gasteiger partial charge in [0.25, 0.3) is 0 Å². The first-order chi connectivity index (χ1) is 15.6. The van der Waals surface area contributed by atoms with Gasteiger partial charge in [-0.3, -0.25) is 10.3 Å². The highest BCUT2D eigenvalue weighted by molar-refractivity contribution is 7.22. The van der Waals surface area contributed by atoms with E-state index in [-0.39, 0.29) is 18.6 Å². The maximum absolute atomic E-state index is 12.1. The van der Waals surface area contributed by atoms with Gasteiger partial charge >= 0.3 is 6.03 Å². The van der Waals surface area contributed by atoms with Gasteiger partial charge < -0.3 is 10.4 Å². The molecule has 0 aliphatic carbocycles. The van der Waals surface area contributed by atoms with Gasteiger partial charge in [0, 0.05) is 42.2 Å². The molecule has 3 N–H and O–H groups in total. The Morgan fingerprint density at radius 2 is 1.97 bits per heavy atom. The van der Waals surface area contributed by atoms with E-state index >= 15 is 0 Å². The standard InChI is InChI=1S/C23H24N6O2S/c1-3-7-25-22(31)29-23-28-19-10-15(16-11-26-21(27-12-16)14(2)13-30)9-17(20(19)32-23)18-6-4-5-8-24-18/h4-6,8-12,14,30H,3,7,13H2,1-2H3,(H2,25,28,29,31). The summed E-state index contributed by atoms with van der Waals surface area (Å²) >= 11 is 1.41. The summed E-state index contributed by atoms with van der Waals surface area (Å²) in [6.45, 7) is 4.47. The SMILES string of the molecule is CCCNC(=O)Nc1nc2cc(-c3cnc(C(C)CO)nc3)cc(-c3ccccn3)c2s1. The molecule has 0 bridgehead atoms. The molecule has 3 aromatic heterocycles. The minimum absolute atomic E-state index is 0.00440. The first-order valence-corrected chi connectivity index (χ1v) is 11.2. The average Bonchev–Trinajstić information content (AvgIpc) is 3.24. The Kier molecular flexibility index (Phi) is 6.67. The number of benzene rings is 1. The third-order valence-electron chi connectivity index (χ3n) is 4.91. The Morgan fingerprint density at radius 3 is 2.66 bits per heavy atom. The number of aromatic nitrogens is 4. The van der Waals surface area contributed by atoms with Crippen LogP contribution in [0.3, 0.4) is 0 Å². The van der Waals surface area contributed by atoms with Gasteiger partial charge in [-0.05, 0) is 36.2 Å². The monoisotopic (exact) mass is 448 g/mol. The number of hydrogen-bond acceptors (Lipinski definition) is 7. The average molecular weight is 449 g/mol. The molecular weight excluding hydrogens is 424 g/mol. The lowest BCUT2D eigenvalue weighted by atomic mass is 10.0. The molecule has 0 radical (unpaired) electrons. The number of rotatable bonds is 7. The Morgan fingerprint density at radius 1 is 1.16 bits per heavy atom. The van der Waals surface area contributed by atoms with Crippen LogP contribution >= 0.6 is 11.3 Å². The van der Waals surface area contributed by atoms with Crippen molar-refractivity contribution in [3.8, 4) is 22.4 Å². The smallest absolute Gasteiger partial charge is 0.321 e. The summed E-state index contributed by atoms with van der Waals surface area (Å²) < 4.78 is 0.935. The van der Waals surface area contributed by atoms with Gasteiger partial charge in [-0.1, -0.05) is 31.3 Å². The lowest BCUT2D eigenvalue weighted by molar-refractivity contribution is 0.252. The van der Waals surface area contributed by atoms with Gasteiger partial charge in [0.15, 0.2) is 5.13 Å². The number of thiazole rings is 1. The number of nitrogens with zero attached hydrogens (tertiary/aromatic N) is 4. The van der Waals surface area contributed by atoms with E-state index in [1.807, 2.05) is 44.2 Å². The van der Waals surface area contributed by atoms with E-state index in [2.05, 4.69) is 30.6 Å². The van der Waals surface area contributed by atoms with E-state index < -0.39 is 0 Å². The number of fused-ring (bicyclic) bond motifs is 1. The summed E-state index contributed by atoms with van der Waals surface area (Å²) in [4.78, 5) is 30.1. The molecule has 32 heavy (non-hydrogen) atoms. The van der Waals surface area contributed by atoms with E-state index in [4.69, 9.17) is 0 Å². The molecule has 3 heterocycles. The molecule has 1 atom stereocenters. The number of pyridine rings is 1. The minimum Gasteiger partial charge on any atom is -0.396 e. The predicted molar refractivity (Wildman–Crippen MR) is 127 cm³/mol. The molecule has 4 aromatic rings. The second kappa shape index (κ2) is 9.80. The number of carbonyl (C=O) groups is 1. The van der Waals surface area contributed by atoms with Crippen molar-refractivity contribution < 1.29 is 9.90 Å². The Hall–Kier alpha value is -3.43. The van der Waals surface area contributed by atoms with Crippen molar-refractivity contribution in [3.63, 3.8) is 0 Å². The third kappa shape index (κ3) is 4.74. The van der Waals surface area contributed by atoms with Crippen LogP contribution < -0.4 is 10.6 Å². The molecule has 9 heteroatoms. The zero-order valence-corrected chi connectivity index (χ0v) is 18.7. The topological polar surface area (TPSA) is 113 Å². The molecule has 164 valence electrons. The van der Waals surface area contributed by atoms with Crippen LogP contribution in [0.2, 0.25) is 0 Å². The fourth-order valence-corrected chi connectivity index (χ4v) is 4.13. The first kappa shape index (κ1) is 21.8. The van der Waals surface area contributed by atoms with Crippen molar-refractivity contribution in [2.24, 2.45) is 0 Å². The van der Waals surface area contributed by atoms with Crippen LogP contribution in [0.15, 0.2) is 48.9 Å². The van der Waals surface area contributed by atoms with Crippen LogP contribution in [-0.4, -0.2) is 44.2 Å². The molecule has 8 nitrogen and oxygen atoms in total. The second-order valence-electron chi connectivity index (χ2n) is 7.40. The number of hydrogen-bond donors (Lipinski definition) is 3. The molecule has 0 spiro atoms. The van der Waals surface area contributed by atoms with Gasteiger partial charge in [0.2, 0.25) is 0 Å². The number of amides is 2. The molecule has 0 aliphatic heterocycles. The van der Waals surface area contributed by atoms with Crippen molar-refractivity contribution in [2.75, 3.05) is 18.5 Å².